The molecule has 151 valence electrons. The molecule has 1 N–H and O–H groups in total. The second kappa shape index (κ2) is 10.5. The van der Waals surface area contributed by atoms with Gasteiger partial charge in [0.1, 0.15) is 0 Å². The van der Waals surface area contributed by atoms with Gasteiger partial charge in [-0.1, -0.05) is 22.9 Å². The van der Waals surface area contributed by atoms with Crippen LogP contribution in [0.3, 0.4) is 0 Å². The van der Waals surface area contributed by atoms with Crippen molar-refractivity contribution in [2.24, 2.45) is 10.3 Å². The number of nitrogens with zero attached hydrogens (tertiary/aromatic N) is 4. The topological polar surface area (TPSA) is 103 Å². The van der Waals surface area contributed by atoms with E-state index in [9.17, 15) is 18.3 Å². The molecular formula is C18H21ClN4NaO4S. The van der Waals surface area contributed by atoms with Crippen LogP contribution in [0.2, 0.25) is 5.02 Å². The monoisotopic (exact) mass is 447 g/mol. The van der Waals surface area contributed by atoms with Crippen molar-refractivity contribution >= 4 is 68.5 Å². The molecule has 0 aromatic heterocycles. The van der Waals surface area contributed by atoms with Gasteiger partial charge in [0.05, 0.1) is 21.8 Å². The zero-order chi connectivity index (χ0) is 21.1. The van der Waals surface area contributed by atoms with E-state index in [1.807, 2.05) is 6.92 Å². The molecule has 2 rings (SSSR count). The van der Waals surface area contributed by atoms with Gasteiger partial charge in [-0.25, -0.2) is 22.5 Å². The van der Waals surface area contributed by atoms with Gasteiger partial charge in [-0.05, 0) is 49.7 Å². The van der Waals surface area contributed by atoms with Gasteiger partial charge in [0.15, 0.2) is 0 Å². The molecule has 0 aliphatic rings. The molecule has 29 heavy (non-hydrogen) atoms. The summed E-state index contributed by atoms with van der Waals surface area (Å²) >= 11 is 5.98. The minimum atomic E-state index is -3.76. The Labute approximate surface area is 197 Å². The van der Waals surface area contributed by atoms with E-state index < -0.39 is 16.0 Å². The van der Waals surface area contributed by atoms with Crippen molar-refractivity contribution in [2.75, 3.05) is 25.6 Å². The van der Waals surface area contributed by atoms with Crippen LogP contribution in [0.5, 0.6) is 0 Å². The van der Waals surface area contributed by atoms with E-state index >= 15 is 0 Å². The quantitative estimate of drug-likeness (QED) is 0.395. The number of rotatable bonds is 7. The summed E-state index contributed by atoms with van der Waals surface area (Å²) in [5, 5.41) is 19.8. The molecule has 0 unspecified atom stereocenters. The van der Waals surface area contributed by atoms with Crippen molar-refractivity contribution in [2.45, 2.75) is 18.7 Å². The third-order valence-corrected chi connectivity index (χ3v) is 6.03. The molecule has 0 saturated carbocycles. The Balaban J connectivity index is 0.00000420. The third-order valence-electron chi connectivity index (χ3n) is 3.99. The van der Waals surface area contributed by atoms with Crippen LogP contribution >= 0.6 is 11.6 Å². The smallest absolute Gasteiger partial charge is 0.337 e. The number of carboxylic acids is 1. The molecule has 0 heterocycles. The molecule has 0 fully saturated rings. The van der Waals surface area contributed by atoms with E-state index in [0.717, 1.165) is 15.9 Å². The Bertz CT molecular complexity index is 1030. The minimum absolute atomic E-state index is 0. The predicted octanol–water partition coefficient (Wildman–Crippen LogP) is 3.74. The summed E-state index contributed by atoms with van der Waals surface area (Å²) in [7, 11) is -1.01. The number of benzene rings is 2. The molecule has 0 aliphatic carbocycles. The summed E-state index contributed by atoms with van der Waals surface area (Å²) in [6, 6.07) is 9.07. The Kier molecular flexibility index (Phi) is 9.26. The number of aryl methyl sites for hydroxylation is 1. The number of sulfonamides is 1. The standard InChI is InChI=1S/C18H21ClN4O4S.Na/c1-5-23(21-20-16-10-13(19)7-6-12(16)2)17-9-8-14(11-15(17)18(24)25)28(26,27)22(3)4;/h6-11H,5H2,1-4H3,(H,24,25);. The number of hydrogen-bond acceptors (Lipinski definition) is 5. The summed E-state index contributed by atoms with van der Waals surface area (Å²) in [5.74, 6) is -1.27. The predicted molar refractivity (Wildman–Crippen MR) is 114 cm³/mol. The van der Waals surface area contributed by atoms with Gasteiger partial charge in [-0.15, -0.1) is 5.11 Å². The van der Waals surface area contributed by atoms with Crippen molar-refractivity contribution in [3.8, 4) is 0 Å². The molecule has 0 bridgehead atoms. The number of carboxylic acid groups (broad SMARTS) is 1. The normalized spacial score (nSPS) is 11.5. The Morgan fingerprint density at radius 2 is 1.83 bits per heavy atom. The summed E-state index contributed by atoms with van der Waals surface area (Å²) in [6.45, 7) is 3.95. The second-order valence-electron chi connectivity index (χ2n) is 6.11. The second-order valence-corrected chi connectivity index (χ2v) is 8.70. The van der Waals surface area contributed by atoms with Crippen LogP contribution in [0, 0.1) is 6.92 Å². The minimum Gasteiger partial charge on any atom is -0.478 e. The van der Waals surface area contributed by atoms with Crippen LogP contribution in [0.25, 0.3) is 0 Å². The SMILES string of the molecule is CCN(N=Nc1cc(Cl)ccc1C)c1ccc(S(=O)(=O)N(C)C)cc1C(=O)O.[Na]. The van der Waals surface area contributed by atoms with E-state index in [1.165, 1.54) is 31.2 Å². The molecule has 2 aromatic rings. The Morgan fingerprint density at radius 1 is 1.17 bits per heavy atom. The fraction of sp³-hybridized carbons (Fsp3) is 0.278. The first kappa shape index (κ1) is 25.5. The van der Waals surface area contributed by atoms with E-state index in [-0.39, 0.29) is 45.7 Å². The molecule has 0 atom stereocenters. The number of hydrogen-bond donors (Lipinski definition) is 1. The van der Waals surface area contributed by atoms with Gasteiger partial charge in [-0.2, -0.15) is 0 Å². The Hall–Kier alpha value is -1.49. The van der Waals surface area contributed by atoms with E-state index in [0.29, 0.717) is 17.3 Å². The van der Waals surface area contributed by atoms with Crippen LogP contribution < -0.4 is 5.01 Å². The van der Waals surface area contributed by atoms with Gasteiger partial charge >= 0.3 is 5.97 Å². The zero-order valence-electron chi connectivity index (χ0n) is 16.9. The van der Waals surface area contributed by atoms with Crippen LogP contribution in [0.15, 0.2) is 51.6 Å². The van der Waals surface area contributed by atoms with Crippen molar-refractivity contribution in [1.82, 2.24) is 4.31 Å². The van der Waals surface area contributed by atoms with E-state index in [4.69, 9.17) is 11.6 Å². The van der Waals surface area contributed by atoms with Crippen molar-refractivity contribution in [3.63, 3.8) is 0 Å². The van der Waals surface area contributed by atoms with Gasteiger partial charge in [0.2, 0.25) is 10.0 Å². The van der Waals surface area contributed by atoms with Gasteiger partial charge in [0.25, 0.3) is 0 Å². The van der Waals surface area contributed by atoms with Crippen molar-refractivity contribution in [3.05, 3.63) is 52.5 Å². The van der Waals surface area contributed by atoms with Crippen LogP contribution in [0.4, 0.5) is 11.4 Å². The first-order valence-corrected chi connectivity index (χ1v) is 10.1. The number of halogens is 1. The number of carbonyl (C=O) groups is 1. The van der Waals surface area contributed by atoms with Crippen LogP contribution in [0.1, 0.15) is 22.8 Å². The average molecular weight is 448 g/mol. The number of anilines is 1. The molecule has 0 saturated heterocycles. The van der Waals surface area contributed by atoms with E-state index in [1.54, 1.807) is 25.1 Å². The molecule has 0 spiro atoms. The molecule has 11 heteroatoms. The fourth-order valence-electron chi connectivity index (χ4n) is 2.36. The van der Waals surface area contributed by atoms with Gasteiger partial charge in [0, 0.05) is 55.2 Å². The molecule has 0 amide bonds. The zero-order valence-corrected chi connectivity index (χ0v) is 20.5. The maximum atomic E-state index is 12.3. The molecule has 8 nitrogen and oxygen atoms in total. The fourth-order valence-corrected chi connectivity index (χ4v) is 3.45. The van der Waals surface area contributed by atoms with Gasteiger partial charge < -0.3 is 5.11 Å². The Morgan fingerprint density at radius 3 is 2.38 bits per heavy atom. The average Bonchev–Trinajstić information content (AvgIpc) is 2.64. The maximum absolute atomic E-state index is 12.3. The molecule has 0 aliphatic heterocycles. The van der Waals surface area contributed by atoms with Crippen LogP contribution in [-0.4, -0.2) is 74.0 Å². The van der Waals surface area contributed by atoms with E-state index in [2.05, 4.69) is 10.3 Å². The summed E-state index contributed by atoms with van der Waals surface area (Å²) in [4.78, 5) is 11.6. The summed E-state index contributed by atoms with van der Waals surface area (Å²) < 4.78 is 25.6. The van der Waals surface area contributed by atoms with Crippen LogP contribution in [-0.2, 0) is 10.0 Å². The van der Waals surface area contributed by atoms with Crippen molar-refractivity contribution in [1.29, 1.82) is 0 Å². The first-order chi connectivity index (χ1) is 13.1. The molecular weight excluding hydrogens is 427 g/mol. The first-order valence-electron chi connectivity index (χ1n) is 8.33. The number of aromatic carboxylic acids is 1. The summed E-state index contributed by atoms with van der Waals surface area (Å²) in [5.41, 5.74) is 1.45. The van der Waals surface area contributed by atoms with Crippen molar-refractivity contribution < 1.29 is 18.3 Å². The third kappa shape index (κ3) is 6.00. The molecule has 1 radical (unpaired) electrons. The largest absolute Gasteiger partial charge is 0.478 e. The maximum Gasteiger partial charge on any atom is 0.337 e. The summed E-state index contributed by atoms with van der Waals surface area (Å²) in [6.07, 6.45) is 0. The van der Waals surface area contributed by atoms with Gasteiger partial charge in [-0.3, -0.25) is 0 Å². The molecule has 2 aromatic carbocycles.